The first kappa shape index (κ1) is 98.0. The third-order valence-electron chi connectivity index (χ3n) is 16.2. The van der Waals surface area contributed by atoms with Crippen molar-refractivity contribution in [1.82, 2.24) is 79.8 Å². The highest BCUT2D eigenvalue weighted by molar-refractivity contribution is 6.00. The van der Waals surface area contributed by atoms with Gasteiger partial charge in [-0.05, 0) is 109 Å². The molecule has 0 unspecified atom stereocenters. The second-order valence-corrected chi connectivity index (χ2v) is 25.7. The molecule has 40 N–H and O–H groups in total. The van der Waals surface area contributed by atoms with Crippen LogP contribution in [0.3, 0.4) is 0 Å². The lowest BCUT2D eigenvalue weighted by Crippen LogP contribution is -2.62. The van der Waals surface area contributed by atoms with Crippen molar-refractivity contribution >= 4 is 119 Å². The van der Waals surface area contributed by atoms with Crippen molar-refractivity contribution < 1.29 is 86.6 Å². The maximum atomic E-state index is 14.6. The van der Waals surface area contributed by atoms with E-state index in [0.29, 0.717) is 0 Å². The fourth-order valence-corrected chi connectivity index (χ4v) is 10.1. The summed E-state index contributed by atoms with van der Waals surface area (Å²) < 4.78 is 0. The van der Waals surface area contributed by atoms with Crippen molar-refractivity contribution in [2.24, 2.45) is 95.6 Å². The Labute approximate surface area is 635 Å². The molecule has 0 bridgehead atoms. The number of hydrogen-bond acceptors (Lipinski definition) is 21. The average Bonchev–Trinajstić information content (AvgIpc) is 0.853. The number of rotatable bonds is 56. The van der Waals surface area contributed by atoms with E-state index in [1.807, 2.05) is 0 Å². The largest absolute Gasteiger partial charge is 0.480 e. The van der Waals surface area contributed by atoms with Crippen LogP contribution in [0.25, 0.3) is 0 Å². The minimum atomic E-state index is -1.74. The first-order valence-corrected chi connectivity index (χ1v) is 35.5. The van der Waals surface area contributed by atoms with Crippen molar-refractivity contribution in [3.8, 4) is 0 Å². The number of carbonyl (C=O) groups excluding carboxylic acids is 16. The molecule has 110 heavy (non-hydrogen) atoms. The number of nitrogens with two attached hydrogens (primary N) is 12. The highest BCUT2D eigenvalue weighted by Gasteiger charge is 2.38. The Kier molecular flexibility index (Phi) is 47.8. The molecule has 0 radical (unpaired) electrons. The van der Waals surface area contributed by atoms with E-state index in [1.54, 1.807) is 13.8 Å². The molecule has 622 valence electrons. The van der Waals surface area contributed by atoms with Crippen LogP contribution in [0, 0.1) is 11.8 Å². The Morgan fingerprint density at radius 1 is 0.327 bits per heavy atom. The van der Waals surface area contributed by atoms with E-state index in [1.165, 1.54) is 20.8 Å². The van der Waals surface area contributed by atoms with Gasteiger partial charge in [0.2, 0.25) is 70.9 Å². The summed E-state index contributed by atoms with van der Waals surface area (Å²) in [5, 5.41) is 46.6. The minimum Gasteiger partial charge on any atom is -0.480 e. The summed E-state index contributed by atoms with van der Waals surface area (Å²) in [4.78, 5) is 237. The molecule has 0 aliphatic rings. The number of carboxylic acid groups (broad SMARTS) is 1. The van der Waals surface area contributed by atoms with E-state index in [4.69, 9.17) is 68.8 Å². The number of nitrogens with one attached hydrogen (secondary N) is 15. The Bertz CT molecular complexity index is 3180. The second-order valence-electron chi connectivity index (χ2n) is 25.7. The van der Waals surface area contributed by atoms with Crippen molar-refractivity contribution in [3.63, 3.8) is 0 Å². The van der Waals surface area contributed by atoms with E-state index < -0.39 is 192 Å². The number of urea groups is 4. The molecule has 0 rings (SSSR count). The molecule has 0 spiro atoms. The normalized spacial score (nSPS) is 14.0. The van der Waals surface area contributed by atoms with Gasteiger partial charge in [0.1, 0.15) is 66.5 Å². The number of aliphatic carboxylic acids is 1. The van der Waals surface area contributed by atoms with E-state index in [0.717, 1.165) is 0 Å². The van der Waals surface area contributed by atoms with E-state index in [2.05, 4.69) is 94.7 Å². The average molecular weight is 1570 g/mol. The molecule has 0 aromatic heterocycles. The van der Waals surface area contributed by atoms with Gasteiger partial charge in [-0.2, -0.15) is 0 Å². The van der Waals surface area contributed by atoms with Gasteiger partial charge in [-0.3, -0.25) is 72.5 Å². The Morgan fingerprint density at radius 2 is 0.600 bits per heavy atom. The van der Waals surface area contributed by atoms with Gasteiger partial charge >= 0.3 is 30.1 Å². The third kappa shape index (κ3) is 43.5. The summed E-state index contributed by atoms with van der Waals surface area (Å²) in [6.07, 6.45) is -2.10. The number of carboxylic acids is 1. The molecule has 12 atom stereocenters. The van der Waals surface area contributed by atoms with Crippen LogP contribution in [0.4, 0.5) is 19.2 Å². The first-order chi connectivity index (χ1) is 51.6. The number of nitrogens with zero attached hydrogens (tertiary/aromatic N) is 3. The van der Waals surface area contributed by atoms with Crippen LogP contribution in [0.2, 0.25) is 0 Å². The summed E-state index contributed by atoms with van der Waals surface area (Å²) in [6, 6.07) is -20.8. The van der Waals surface area contributed by atoms with Gasteiger partial charge in [-0.25, -0.2) is 24.0 Å². The Hall–Kier alpha value is -12.0. The molecule has 0 saturated carbocycles. The predicted molar refractivity (Wildman–Crippen MR) is 399 cm³/mol. The summed E-state index contributed by atoms with van der Waals surface area (Å²) in [5.41, 5.74) is 64.7. The van der Waals surface area contributed by atoms with Crippen LogP contribution in [0.15, 0.2) is 15.0 Å². The van der Waals surface area contributed by atoms with Crippen LogP contribution >= 0.6 is 0 Å². The molecule has 0 aliphatic heterocycles. The van der Waals surface area contributed by atoms with Crippen LogP contribution < -0.4 is 149 Å². The number of hydrogen-bond donors (Lipinski definition) is 28. The quantitative estimate of drug-likeness (QED) is 0.0153. The number of carbonyl (C=O) groups is 17. The zero-order valence-electron chi connectivity index (χ0n) is 62.6. The highest BCUT2D eigenvalue weighted by atomic mass is 16.4. The summed E-state index contributed by atoms with van der Waals surface area (Å²) in [7, 11) is 0. The Balaban J connectivity index is 7.41. The molecule has 0 heterocycles. The van der Waals surface area contributed by atoms with Gasteiger partial charge in [-0.15, -0.1) is 0 Å². The minimum absolute atomic E-state index is 0.00696. The fourth-order valence-electron chi connectivity index (χ4n) is 10.1. The van der Waals surface area contributed by atoms with Gasteiger partial charge in [0.05, 0.1) is 13.0 Å². The van der Waals surface area contributed by atoms with Gasteiger partial charge < -0.3 is 154 Å². The van der Waals surface area contributed by atoms with Crippen LogP contribution in [0.1, 0.15) is 137 Å². The van der Waals surface area contributed by atoms with Crippen LogP contribution in [-0.2, 0) is 62.3 Å². The van der Waals surface area contributed by atoms with E-state index in [-0.39, 0.29) is 160 Å². The Morgan fingerprint density at radius 3 is 0.918 bits per heavy atom. The molecular weight excluding hydrogens is 1450 g/mol. The maximum absolute atomic E-state index is 14.6. The molecule has 0 aromatic rings. The molecule has 0 aliphatic carbocycles. The lowest BCUT2D eigenvalue weighted by Gasteiger charge is -2.30. The van der Waals surface area contributed by atoms with E-state index >= 15 is 0 Å². The zero-order valence-corrected chi connectivity index (χ0v) is 62.6. The molecule has 0 aromatic carbocycles. The number of aliphatic imine (C=N–C) groups is 3. The van der Waals surface area contributed by atoms with Crippen molar-refractivity contribution in [3.05, 3.63) is 0 Å². The summed E-state index contributed by atoms with van der Waals surface area (Å²) in [6.45, 7) is 6.33. The molecular formula is C62H116N30O18. The van der Waals surface area contributed by atoms with Gasteiger partial charge in [0.25, 0.3) is 0 Å². The van der Waals surface area contributed by atoms with Crippen molar-refractivity contribution in [1.29, 1.82) is 0 Å². The SMILES string of the molecule is CC[C@H](C)[C@H](NC(=O)[C@H](CC(N)=O)NC(=O)[C@H](CCCN=C(N)N)NC(=O)CN)C(=O)N[C@@H](CCCN=C(N)N)C(=O)N[C@H](C(=O)N[C@@H](CCCNC(N)=O)C(=O)N[C@@H](CCCNC(N)=O)C(=O)N[C@@H](C)C(=O)N[C@@H](CCCN=C(N)N)C(=O)N[C@@H](CCCNC(N)=O)C(=O)N[C@@H](CCCNC(N)=O)C(=O)O)C(C)C. The highest BCUT2D eigenvalue weighted by Crippen LogP contribution is 2.14. The molecule has 0 saturated heterocycles. The molecule has 48 heteroatoms. The van der Waals surface area contributed by atoms with Crippen LogP contribution in [-0.4, -0.2) is 243 Å². The molecule has 48 nitrogen and oxygen atoms in total. The standard InChI is InChI=1S/C62H116N30O18/c1-6-31(4)44(92-52(102)40(28-41(64)93)90-47(97)33(83-42(94)29-63)14-7-21-75-56(65)66)54(104)88-38(16-9-23-77-58(69)70)51(101)91-43(30(2)3)53(103)87-37(19-12-26-80-61(73)109)49(99)85-34(17-10-24-78-59(71)107)46(96)82-32(5)45(95)84-35(15-8-22-76-57(67)68)48(98)86-36(18-11-25-79-60(72)108)50(100)89-39(55(105)106)20-13-27-81-62(74)110/h30-40,43-44H,6-29,63H2,1-5H3,(H2,64,93)(H,82,96)(H,83,94)(H,84,95)(H,85,99)(H,86,98)(H,87,103)(H,88,104)(H,89,100)(H,90,97)(H,91,101)(H,92,102)(H,105,106)(H4,65,66,75)(H4,67,68,76)(H4,69,70,77)(H3,71,78,107)(H3,72,79,108)(H3,73,80,109)(H3,74,81,110)/t31-,32-,33-,34-,35-,36-,37-,38-,39-,40-,43-,44-/m0/s1. The second kappa shape index (κ2) is 53.7. The van der Waals surface area contributed by atoms with Gasteiger partial charge in [-0.1, -0.05) is 34.1 Å². The fraction of sp³-hybridized carbons (Fsp3) is 0.677. The summed E-state index contributed by atoms with van der Waals surface area (Å²) in [5.74, 6) is -15.9. The zero-order chi connectivity index (χ0) is 83.8. The lowest BCUT2D eigenvalue weighted by atomic mass is 9.96. The maximum Gasteiger partial charge on any atom is 0.326 e. The lowest BCUT2D eigenvalue weighted by molar-refractivity contribution is -0.142. The monoisotopic (exact) mass is 1570 g/mol. The number of primary amides is 5. The van der Waals surface area contributed by atoms with E-state index in [9.17, 15) is 86.6 Å². The van der Waals surface area contributed by atoms with Crippen molar-refractivity contribution in [2.45, 2.75) is 204 Å². The van der Waals surface area contributed by atoms with Crippen molar-refractivity contribution in [2.75, 3.05) is 52.4 Å². The molecule has 20 amide bonds. The smallest absolute Gasteiger partial charge is 0.326 e. The number of guanidine groups is 3. The predicted octanol–water partition coefficient (Wildman–Crippen LogP) is -11.1. The third-order valence-corrected chi connectivity index (χ3v) is 16.2. The topological polar surface area (TPSA) is 840 Å². The summed E-state index contributed by atoms with van der Waals surface area (Å²) >= 11 is 0. The number of amides is 20. The van der Waals surface area contributed by atoms with Gasteiger partial charge in [0.15, 0.2) is 17.9 Å². The first-order valence-electron chi connectivity index (χ1n) is 35.5. The molecule has 0 fully saturated rings. The van der Waals surface area contributed by atoms with Crippen LogP contribution in [0.5, 0.6) is 0 Å². The van der Waals surface area contributed by atoms with Gasteiger partial charge in [0, 0.05) is 45.8 Å².